The Kier molecular flexibility index (Phi) is 5.26. The number of benzene rings is 1. The van der Waals surface area contributed by atoms with Crippen LogP contribution in [-0.4, -0.2) is 48.9 Å². The number of rotatable bonds is 5. The lowest BCUT2D eigenvalue weighted by atomic mass is 9.91. The largest absolute Gasteiger partial charge is 0.497 e. The van der Waals surface area contributed by atoms with Gasteiger partial charge in [-0.05, 0) is 44.5 Å². The summed E-state index contributed by atoms with van der Waals surface area (Å²) in [7, 11) is 1.67. The first-order valence-corrected chi connectivity index (χ1v) is 7.47. The fraction of sp³-hybridized carbons (Fsp3) is 0.625. The Morgan fingerprint density at radius 1 is 1.35 bits per heavy atom. The molecule has 1 aromatic rings. The van der Waals surface area contributed by atoms with Crippen molar-refractivity contribution in [1.29, 1.82) is 0 Å². The molecule has 1 atom stereocenters. The van der Waals surface area contributed by atoms with E-state index in [1.807, 2.05) is 24.3 Å². The van der Waals surface area contributed by atoms with E-state index < -0.39 is 0 Å². The molecule has 4 nitrogen and oxygen atoms in total. The normalized spacial score (nSPS) is 24.1. The van der Waals surface area contributed by atoms with Crippen LogP contribution in [0.1, 0.15) is 26.2 Å². The van der Waals surface area contributed by atoms with Crippen LogP contribution in [0.5, 0.6) is 5.75 Å². The zero-order valence-electron chi connectivity index (χ0n) is 12.6. The monoisotopic (exact) mass is 278 g/mol. The molecule has 0 bridgehead atoms. The van der Waals surface area contributed by atoms with Gasteiger partial charge in [0.25, 0.3) is 0 Å². The minimum absolute atomic E-state index is 0.168. The molecular weight excluding hydrogens is 252 g/mol. The number of nitrogens with zero attached hydrogens (tertiary/aromatic N) is 1. The Hall–Kier alpha value is -1.26. The molecule has 0 amide bonds. The molecule has 1 saturated heterocycles. The fourth-order valence-electron chi connectivity index (χ4n) is 2.90. The highest BCUT2D eigenvalue weighted by molar-refractivity contribution is 5.50. The molecule has 20 heavy (non-hydrogen) atoms. The summed E-state index contributed by atoms with van der Waals surface area (Å²) in [4.78, 5) is 2.45. The third kappa shape index (κ3) is 3.64. The standard InChI is InChI=1S/C16H26N2O2/c1-3-18-10-5-8-16(13-19,9-11-18)17-14-6-4-7-15(12-14)20-2/h4,6-7,12,17,19H,3,5,8-11,13H2,1-2H3. The van der Waals surface area contributed by atoms with E-state index in [0.717, 1.165) is 50.3 Å². The summed E-state index contributed by atoms with van der Waals surface area (Å²) < 4.78 is 5.26. The molecule has 0 spiro atoms. The molecular formula is C16H26N2O2. The van der Waals surface area contributed by atoms with E-state index in [1.165, 1.54) is 0 Å². The number of anilines is 1. The second kappa shape index (κ2) is 6.95. The van der Waals surface area contributed by atoms with E-state index in [1.54, 1.807) is 7.11 Å². The first kappa shape index (κ1) is 15.1. The van der Waals surface area contributed by atoms with Gasteiger partial charge in [-0.15, -0.1) is 0 Å². The van der Waals surface area contributed by atoms with Crippen LogP contribution in [0.25, 0.3) is 0 Å². The Balaban J connectivity index is 2.10. The highest BCUT2D eigenvalue weighted by Gasteiger charge is 2.31. The highest BCUT2D eigenvalue weighted by atomic mass is 16.5. The third-order valence-corrected chi connectivity index (χ3v) is 4.27. The Morgan fingerprint density at radius 2 is 2.20 bits per heavy atom. The summed E-state index contributed by atoms with van der Waals surface area (Å²) in [6.45, 7) is 5.61. The van der Waals surface area contributed by atoms with Gasteiger partial charge in [0.1, 0.15) is 5.75 Å². The average molecular weight is 278 g/mol. The number of hydrogen-bond acceptors (Lipinski definition) is 4. The molecule has 1 aliphatic rings. The van der Waals surface area contributed by atoms with Gasteiger partial charge in [-0.25, -0.2) is 0 Å². The Labute approximate surface area is 121 Å². The highest BCUT2D eigenvalue weighted by Crippen LogP contribution is 2.28. The maximum absolute atomic E-state index is 9.90. The van der Waals surface area contributed by atoms with Crippen LogP contribution in [-0.2, 0) is 0 Å². The predicted molar refractivity (Wildman–Crippen MR) is 82.4 cm³/mol. The summed E-state index contributed by atoms with van der Waals surface area (Å²) in [5.41, 5.74) is 0.805. The van der Waals surface area contributed by atoms with Gasteiger partial charge in [-0.1, -0.05) is 13.0 Å². The van der Waals surface area contributed by atoms with Crippen molar-refractivity contribution in [3.63, 3.8) is 0 Å². The molecule has 0 radical (unpaired) electrons. The van der Waals surface area contributed by atoms with Crippen LogP contribution < -0.4 is 10.1 Å². The molecule has 0 aliphatic carbocycles. The first-order valence-electron chi connectivity index (χ1n) is 7.47. The van der Waals surface area contributed by atoms with Crippen molar-refractivity contribution < 1.29 is 9.84 Å². The minimum Gasteiger partial charge on any atom is -0.497 e. The summed E-state index contributed by atoms with van der Waals surface area (Å²) in [5, 5.41) is 13.4. The molecule has 2 N–H and O–H groups in total. The van der Waals surface area contributed by atoms with Crippen LogP contribution >= 0.6 is 0 Å². The fourth-order valence-corrected chi connectivity index (χ4v) is 2.90. The SMILES string of the molecule is CCN1CCCC(CO)(Nc2cccc(OC)c2)CC1. The zero-order chi connectivity index (χ0) is 14.4. The number of methoxy groups -OCH3 is 1. The van der Waals surface area contributed by atoms with Crippen molar-refractivity contribution in [3.8, 4) is 5.75 Å². The Bertz CT molecular complexity index is 425. The van der Waals surface area contributed by atoms with Gasteiger partial charge in [0.15, 0.2) is 0 Å². The molecule has 112 valence electrons. The second-order valence-corrected chi connectivity index (χ2v) is 5.58. The van der Waals surface area contributed by atoms with Crippen LogP contribution in [0.4, 0.5) is 5.69 Å². The number of ether oxygens (including phenoxy) is 1. The van der Waals surface area contributed by atoms with Gasteiger partial charge < -0.3 is 20.1 Å². The molecule has 1 aromatic carbocycles. The molecule has 2 rings (SSSR count). The number of likely N-dealkylation sites (tertiary alicyclic amines) is 1. The van der Waals surface area contributed by atoms with E-state index >= 15 is 0 Å². The maximum atomic E-state index is 9.90. The van der Waals surface area contributed by atoms with Gasteiger partial charge >= 0.3 is 0 Å². The van der Waals surface area contributed by atoms with Crippen molar-refractivity contribution >= 4 is 5.69 Å². The molecule has 1 aliphatic heterocycles. The number of nitrogens with one attached hydrogen (secondary N) is 1. The quantitative estimate of drug-likeness (QED) is 0.868. The van der Waals surface area contributed by atoms with Gasteiger partial charge in [-0.3, -0.25) is 0 Å². The Morgan fingerprint density at radius 3 is 2.90 bits per heavy atom. The summed E-state index contributed by atoms with van der Waals surface area (Å²) >= 11 is 0. The summed E-state index contributed by atoms with van der Waals surface area (Å²) in [6.07, 6.45) is 3.08. The lowest BCUT2D eigenvalue weighted by Crippen LogP contribution is -2.43. The van der Waals surface area contributed by atoms with E-state index in [9.17, 15) is 5.11 Å². The second-order valence-electron chi connectivity index (χ2n) is 5.58. The van der Waals surface area contributed by atoms with Gasteiger partial charge in [0, 0.05) is 18.3 Å². The van der Waals surface area contributed by atoms with E-state index in [2.05, 4.69) is 17.1 Å². The van der Waals surface area contributed by atoms with Crippen molar-refractivity contribution in [2.75, 3.05) is 38.7 Å². The van der Waals surface area contributed by atoms with Crippen LogP contribution in [0, 0.1) is 0 Å². The lowest BCUT2D eigenvalue weighted by molar-refractivity contribution is 0.193. The number of aliphatic hydroxyl groups is 1. The first-order chi connectivity index (χ1) is 9.71. The predicted octanol–water partition coefficient (Wildman–Crippen LogP) is 2.34. The summed E-state index contributed by atoms with van der Waals surface area (Å²) in [5.74, 6) is 0.840. The molecule has 0 aromatic heterocycles. The van der Waals surface area contributed by atoms with E-state index in [0.29, 0.717) is 0 Å². The topological polar surface area (TPSA) is 44.7 Å². The van der Waals surface area contributed by atoms with Crippen LogP contribution in [0.15, 0.2) is 24.3 Å². The van der Waals surface area contributed by atoms with E-state index in [4.69, 9.17) is 4.74 Å². The molecule has 1 unspecified atom stereocenters. The van der Waals surface area contributed by atoms with Crippen LogP contribution in [0.2, 0.25) is 0 Å². The zero-order valence-corrected chi connectivity index (χ0v) is 12.6. The van der Waals surface area contributed by atoms with Crippen LogP contribution in [0.3, 0.4) is 0 Å². The van der Waals surface area contributed by atoms with Crippen molar-refractivity contribution in [1.82, 2.24) is 4.90 Å². The van der Waals surface area contributed by atoms with Gasteiger partial charge in [0.05, 0.1) is 19.3 Å². The van der Waals surface area contributed by atoms with Crippen molar-refractivity contribution in [2.24, 2.45) is 0 Å². The number of aliphatic hydroxyl groups excluding tert-OH is 1. The third-order valence-electron chi connectivity index (χ3n) is 4.27. The van der Waals surface area contributed by atoms with E-state index in [-0.39, 0.29) is 12.1 Å². The van der Waals surface area contributed by atoms with Gasteiger partial charge in [0.2, 0.25) is 0 Å². The summed E-state index contributed by atoms with van der Waals surface area (Å²) in [6, 6.07) is 7.92. The smallest absolute Gasteiger partial charge is 0.120 e. The van der Waals surface area contributed by atoms with Gasteiger partial charge in [-0.2, -0.15) is 0 Å². The lowest BCUT2D eigenvalue weighted by Gasteiger charge is -2.33. The molecule has 0 saturated carbocycles. The molecule has 1 fully saturated rings. The molecule has 1 heterocycles. The minimum atomic E-state index is -0.212. The van der Waals surface area contributed by atoms with Crippen molar-refractivity contribution in [3.05, 3.63) is 24.3 Å². The maximum Gasteiger partial charge on any atom is 0.120 e. The average Bonchev–Trinajstić information content (AvgIpc) is 2.70. The molecule has 4 heteroatoms. The van der Waals surface area contributed by atoms with Crippen molar-refractivity contribution in [2.45, 2.75) is 31.7 Å². The number of hydrogen-bond donors (Lipinski definition) is 2.